The number of hydrogen-bond acceptors (Lipinski definition) is 4. The number of hydrogen-bond donors (Lipinski definition) is 1. The Labute approximate surface area is 152 Å². The van der Waals surface area contributed by atoms with Crippen LogP contribution in [0.1, 0.15) is 24.1 Å². The van der Waals surface area contributed by atoms with E-state index in [0.29, 0.717) is 6.54 Å². The Morgan fingerprint density at radius 1 is 1.19 bits per heavy atom. The molecule has 0 spiro atoms. The third-order valence-electron chi connectivity index (χ3n) is 5.36. The molecule has 134 valence electrons. The number of rotatable bonds is 3. The van der Waals surface area contributed by atoms with E-state index >= 15 is 0 Å². The second-order valence-corrected chi connectivity index (χ2v) is 6.90. The fraction of sp³-hybridized carbons (Fsp3) is 0.350. The van der Waals surface area contributed by atoms with Crippen LogP contribution in [0.15, 0.2) is 36.7 Å². The number of nitrogens with zero attached hydrogens (tertiary/aromatic N) is 4. The van der Waals surface area contributed by atoms with Crippen LogP contribution in [0.5, 0.6) is 0 Å². The summed E-state index contributed by atoms with van der Waals surface area (Å²) in [5, 5.41) is 10.4. The molecule has 1 N–H and O–H groups in total. The summed E-state index contributed by atoms with van der Waals surface area (Å²) in [6.45, 7) is 5.49. The zero-order chi connectivity index (χ0) is 18.3. The molecule has 1 aromatic carbocycles. The van der Waals surface area contributed by atoms with Gasteiger partial charge in [-0.25, -0.2) is 9.97 Å². The molecule has 3 heterocycles. The average molecular weight is 350 g/mol. The molecule has 0 amide bonds. The first kappa shape index (κ1) is 16.6. The van der Waals surface area contributed by atoms with Gasteiger partial charge in [-0.15, -0.1) is 0 Å². The number of para-hydroxylation sites is 1. The number of carbonyl (C=O) groups is 1. The predicted octanol–water partition coefficient (Wildman–Crippen LogP) is 3.34. The average Bonchev–Trinajstić information content (AvgIpc) is 2.93. The topological polar surface area (TPSA) is 71.2 Å². The number of anilines is 1. The Balaban J connectivity index is 1.87. The second kappa shape index (κ2) is 6.44. The van der Waals surface area contributed by atoms with Crippen LogP contribution in [-0.4, -0.2) is 38.7 Å². The quantitative estimate of drug-likeness (QED) is 0.784. The zero-order valence-corrected chi connectivity index (χ0v) is 15.0. The summed E-state index contributed by atoms with van der Waals surface area (Å²) in [5.41, 5.74) is 4.19. The van der Waals surface area contributed by atoms with Gasteiger partial charge in [0.05, 0.1) is 11.3 Å². The van der Waals surface area contributed by atoms with Gasteiger partial charge in [-0.2, -0.15) is 0 Å². The van der Waals surface area contributed by atoms with Crippen molar-refractivity contribution >= 4 is 22.8 Å². The summed E-state index contributed by atoms with van der Waals surface area (Å²) < 4.78 is 2.15. The largest absolute Gasteiger partial charge is 0.481 e. The molecule has 0 unspecified atom stereocenters. The first-order valence-corrected chi connectivity index (χ1v) is 8.93. The molecule has 0 saturated carbocycles. The third-order valence-corrected chi connectivity index (χ3v) is 5.36. The maximum atomic E-state index is 11.4. The van der Waals surface area contributed by atoms with Gasteiger partial charge in [0.25, 0.3) is 0 Å². The second-order valence-electron chi connectivity index (χ2n) is 6.90. The Morgan fingerprint density at radius 3 is 2.69 bits per heavy atom. The van der Waals surface area contributed by atoms with E-state index in [2.05, 4.69) is 45.4 Å². The van der Waals surface area contributed by atoms with Gasteiger partial charge >= 0.3 is 5.97 Å². The number of aliphatic carboxylic acids is 1. The van der Waals surface area contributed by atoms with Gasteiger partial charge in [0, 0.05) is 24.5 Å². The van der Waals surface area contributed by atoms with E-state index < -0.39 is 5.97 Å². The minimum atomic E-state index is -0.727. The van der Waals surface area contributed by atoms with Gasteiger partial charge in [0.15, 0.2) is 5.65 Å². The van der Waals surface area contributed by atoms with Crippen molar-refractivity contribution in [1.82, 2.24) is 14.5 Å². The number of carboxylic acids is 1. The Kier molecular flexibility index (Phi) is 4.11. The van der Waals surface area contributed by atoms with Gasteiger partial charge < -0.3 is 10.0 Å². The van der Waals surface area contributed by atoms with Crippen molar-refractivity contribution in [1.29, 1.82) is 0 Å². The highest BCUT2D eigenvalue weighted by atomic mass is 16.4. The van der Waals surface area contributed by atoms with Gasteiger partial charge in [-0.1, -0.05) is 18.2 Å². The molecule has 6 nitrogen and oxygen atoms in total. The van der Waals surface area contributed by atoms with Gasteiger partial charge in [0.2, 0.25) is 0 Å². The third kappa shape index (κ3) is 2.62. The molecule has 1 saturated heterocycles. The van der Waals surface area contributed by atoms with Crippen LogP contribution in [0.3, 0.4) is 0 Å². The van der Waals surface area contributed by atoms with Crippen LogP contribution in [0.2, 0.25) is 0 Å². The molecule has 1 aliphatic heterocycles. The number of aromatic nitrogens is 3. The van der Waals surface area contributed by atoms with E-state index in [-0.39, 0.29) is 5.92 Å². The van der Waals surface area contributed by atoms with Gasteiger partial charge in [-0.05, 0) is 44.4 Å². The lowest BCUT2D eigenvalue weighted by molar-refractivity contribution is -0.141. The van der Waals surface area contributed by atoms with E-state index in [1.807, 2.05) is 18.2 Å². The molecule has 3 aromatic rings. The highest BCUT2D eigenvalue weighted by molar-refractivity contribution is 5.93. The molecular weight excluding hydrogens is 328 g/mol. The number of piperidine rings is 1. The van der Waals surface area contributed by atoms with Crippen LogP contribution < -0.4 is 4.90 Å². The van der Waals surface area contributed by atoms with Crippen LogP contribution in [0.4, 0.5) is 5.82 Å². The molecular formula is C20H22N4O2. The molecule has 1 fully saturated rings. The van der Waals surface area contributed by atoms with Crippen molar-refractivity contribution < 1.29 is 9.90 Å². The number of aryl methyl sites for hydroxylation is 1. The Morgan fingerprint density at radius 2 is 1.96 bits per heavy atom. The first-order chi connectivity index (χ1) is 12.6. The van der Waals surface area contributed by atoms with Crippen molar-refractivity contribution in [3.63, 3.8) is 0 Å². The summed E-state index contributed by atoms with van der Waals surface area (Å²) in [6, 6.07) is 10.2. The smallest absolute Gasteiger partial charge is 0.308 e. The van der Waals surface area contributed by atoms with Crippen molar-refractivity contribution in [2.24, 2.45) is 5.92 Å². The van der Waals surface area contributed by atoms with Crippen LogP contribution in [0, 0.1) is 19.8 Å². The minimum Gasteiger partial charge on any atom is -0.481 e. The van der Waals surface area contributed by atoms with Crippen molar-refractivity contribution in [3.05, 3.63) is 47.9 Å². The van der Waals surface area contributed by atoms with E-state index in [4.69, 9.17) is 0 Å². The van der Waals surface area contributed by atoms with Crippen molar-refractivity contribution in [3.8, 4) is 5.69 Å². The molecule has 4 rings (SSSR count). The molecule has 6 heteroatoms. The van der Waals surface area contributed by atoms with Gasteiger partial charge in [-0.3, -0.25) is 9.36 Å². The number of fused-ring (bicyclic) bond motifs is 1. The van der Waals surface area contributed by atoms with E-state index in [0.717, 1.165) is 53.2 Å². The Hall–Kier alpha value is -2.89. The highest BCUT2D eigenvalue weighted by Gasteiger charge is 2.28. The summed E-state index contributed by atoms with van der Waals surface area (Å²) >= 11 is 0. The summed E-state index contributed by atoms with van der Waals surface area (Å²) in [4.78, 5) is 22.6. The van der Waals surface area contributed by atoms with Gasteiger partial charge in [0.1, 0.15) is 12.1 Å². The van der Waals surface area contributed by atoms with E-state index in [1.165, 1.54) is 0 Å². The highest BCUT2D eigenvalue weighted by Crippen LogP contribution is 2.34. The number of carboxylic acid groups (broad SMARTS) is 1. The zero-order valence-electron chi connectivity index (χ0n) is 15.0. The van der Waals surface area contributed by atoms with Crippen molar-refractivity contribution in [2.45, 2.75) is 26.7 Å². The van der Waals surface area contributed by atoms with E-state index in [9.17, 15) is 9.90 Å². The maximum Gasteiger partial charge on any atom is 0.308 e. The van der Waals surface area contributed by atoms with Crippen molar-refractivity contribution in [2.75, 3.05) is 18.0 Å². The summed E-state index contributed by atoms with van der Waals surface area (Å²) in [6.07, 6.45) is 3.17. The van der Waals surface area contributed by atoms with E-state index in [1.54, 1.807) is 6.33 Å². The van der Waals surface area contributed by atoms with Crippen LogP contribution in [-0.2, 0) is 4.79 Å². The molecule has 26 heavy (non-hydrogen) atoms. The summed E-state index contributed by atoms with van der Waals surface area (Å²) in [5.74, 6) is -0.225. The standard InChI is InChI=1S/C20H22N4O2/c1-13-14(2)24(16-8-4-3-5-9-16)19-17(13)18(21-12-22-19)23-10-6-7-15(11-23)20(25)26/h3-5,8-9,12,15H,6-7,10-11H2,1-2H3,(H,25,26)/t15-/m0/s1. The molecule has 0 radical (unpaired) electrons. The molecule has 1 atom stereocenters. The lowest BCUT2D eigenvalue weighted by Gasteiger charge is -2.32. The predicted molar refractivity (Wildman–Crippen MR) is 101 cm³/mol. The fourth-order valence-corrected chi connectivity index (χ4v) is 3.88. The molecule has 2 aromatic heterocycles. The SMILES string of the molecule is Cc1c(C)n(-c2ccccc2)c2ncnc(N3CCC[C@H](C(=O)O)C3)c12. The molecule has 0 bridgehead atoms. The first-order valence-electron chi connectivity index (χ1n) is 8.93. The number of benzene rings is 1. The molecule has 1 aliphatic rings. The lowest BCUT2D eigenvalue weighted by Crippen LogP contribution is -2.39. The normalized spacial score (nSPS) is 17.6. The summed E-state index contributed by atoms with van der Waals surface area (Å²) in [7, 11) is 0. The molecule has 0 aliphatic carbocycles. The lowest BCUT2D eigenvalue weighted by atomic mass is 9.98. The monoisotopic (exact) mass is 350 g/mol. The maximum absolute atomic E-state index is 11.4. The minimum absolute atomic E-state index is 0.341. The van der Waals surface area contributed by atoms with Crippen LogP contribution >= 0.6 is 0 Å². The fourth-order valence-electron chi connectivity index (χ4n) is 3.88. The Bertz CT molecular complexity index is 965. The van der Waals surface area contributed by atoms with Crippen LogP contribution in [0.25, 0.3) is 16.7 Å².